The Bertz CT molecular complexity index is 1010. The van der Waals surface area contributed by atoms with Crippen molar-refractivity contribution < 1.29 is 4.79 Å². The highest BCUT2D eigenvalue weighted by atomic mass is 16.2. The number of hydrogen-bond donors (Lipinski definition) is 2. The summed E-state index contributed by atoms with van der Waals surface area (Å²) in [5.74, 6) is 1.31. The lowest BCUT2D eigenvalue weighted by molar-refractivity contribution is 0.212. The summed E-state index contributed by atoms with van der Waals surface area (Å²) in [4.78, 5) is 30.2. The van der Waals surface area contributed by atoms with Crippen LogP contribution in [0.2, 0.25) is 0 Å². The summed E-state index contributed by atoms with van der Waals surface area (Å²) < 4.78 is 1.75. The monoisotopic (exact) mass is 424 g/mol. The maximum atomic E-state index is 13.2. The molecule has 168 valence electrons. The second kappa shape index (κ2) is 9.01. The average Bonchev–Trinajstić information content (AvgIpc) is 2.74. The zero-order valence-electron chi connectivity index (χ0n) is 19.3. The Balaban J connectivity index is 1.48. The van der Waals surface area contributed by atoms with Gasteiger partial charge >= 0.3 is 6.03 Å². The van der Waals surface area contributed by atoms with Crippen LogP contribution in [0.5, 0.6) is 0 Å². The number of urea groups is 1. The van der Waals surface area contributed by atoms with E-state index in [1.165, 1.54) is 12.8 Å². The summed E-state index contributed by atoms with van der Waals surface area (Å²) >= 11 is 0. The number of nitrogens with one attached hydrogen (secondary N) is 2. The van der Waals surface area contributed by atoms with E-state index in [2.05, 4.69) is 29.5 Å². The minimum absolute atomic E-state index is 0.0519. The third-order valence-corrected chi connectivity index (χ3v) is 7.55. The summed E-state index contributed by atoms with van der Waals surface area (Å²) in [5.41, 5.74) is 2.74. The van der Waals surface area contributed by atoms with Gasteiger partial charge < -0.3 is 15.2 Å². The second-order valence-corrected chi connectivity index (χ2v) is 10.0. The van der Waals surface area contributed by atoms with Crippen molar-refractivity contribution in [2.75, 3.05) is 0 Å². The topological polar surface area (TPSA) is 76.0 Å². The van der Waals surface area contributed by atoms with Crippen molar-refractivity contribution in [1.29, 1.82) is 0 Å². The van der Waals surface area contributed by atoms with Gasteiger partial charge in [-0.05, 0) is 81.8 Å². The Labute approximate surface area is 184 Å². The fourth-order valence-corrected chi connectivity index (χ4v) is 5.46. The van der Waals surface area contributed by atoms with Crippen molar-refractivity contribution in [2.45, 2.75) is 83.7 Å². The quantitative estimate of drug-likeness (QED) is 0.767. The number of hydrogen-bond acceptors (Lipinski definition) is 3. The first kappa shape index (κ1) is 21.8. The molecular formula is C25H36N4O2. The van der Waals surface area contributed by atoms with Crippen LogP contribution >= 0.6 is 0 Å². The highest BCUT2D eigenvalue weighted by molar-refractivity contribution is 5.79. The van der Waals surface area contributed by atoms with Crippen LogP contribution in [0, 0.1) is 18.8 Å². The average molecular weight is 425 g/mol. The van der Waals surface area contributed by atoms with Gasteiger partial charge in [0.1, 0.15) is 0 Å². The minimum atomic E-state index is -0.0519. The van der Waals surface area contributed by atoms with Crippen molar-refractivity contribution in [3.8, 4) is 0 Å². The Morgan fingerprint density at radius 1 is 1.03 bits per heavy atom. The molecule has 0 saturated heterocycles. The van der Waals surface area contributed by atoms with E-state index in [4.69, 9.17) is 0 Å². The molecular weight excluding hydrogens is 388 g/mol. The van der Waals surface area contributed by atoms with E-state index in [0.29, 0.717) is 12.0 Å². The zero-order valence-corrected chi connectivity index (χ0v) is 19.3. The summed E-state index contributed by atoms with van der Waals surface area (Å²) in [6.45, 7) is 6.45. The summed E-state index contributed by atoms with van der Waals surface area (Å²) in [7, 11) is 1.84. The first-order chi connectivity index (χ1) is 14.8. The van der Waals surface area contributed by atoms with Gasteiger partial charge in [0.25, 0.3) is 5.56 Å². The largest absolute Gasteiger partial charge is 0.335 e. The van der Waals surface area contributed by atoms with Crippen LogP contribution < -0.4 is 16.2 Å². The van der Waals surface area contributed by atoms with E-state index >= 15 is 0 Å². The molecule has 2 saturated carbocycles. The molecule has 2 aliphatic rings. The lowest BCUT2D eigenvalue weighted by Gasteiger charge is -2.35. The SMILES string of the molecule is Cc1cc2c(cn1)cc(C1CC(NC(=O)NC3CCC(C)CC3)CCC1C)c(=O)n2C. The number of rotatable bonds is 3. The van der Waals surface area contributed by atoms with Crippen molar-refractivity contribution in [3.05, 3.63) is 39.9 Å². The first-order valence-electron chi connectivity index (χ1n) is 11.8. The molecule has 2 amide bonds. The Hall–Kier alpha value is -2.37. The molecule has 2 fully saturated rings. The number of carbonyl (C=O) groups is 1. The standard InChI is InChI=1S/C25H36N4O2/c1-15-5-8-19(9-6-15)27-25(31)28-20-10-7-16(2)21(13-20)22-12-18-14-26-17(3)11-23(18)29(4)24(22)30/h11-12,14-16,19-21H,5-10,13H2,1-4H3,(H2,27,28,31). The molecule has 0 bridgehead atoms. The van der Waals surface area contributed by atoms with Crippen LogP contribution in [0.4, 0.5) is 4.79 Å². The summed E-state index contributed by atoms with van der Waals surface area (Å²) in [6, 6.07) is 4.32. The number of aromatic nitrogens is 2. The van der Waals surface area contributed by atoms with Gasteiger partial charge in [0.15, 0.2) is 0 Å². The van der Waals surface area contributed by atoms with Gasteiger partial charge in [-0.25, -0.2) is 4.79 Å². The molecule has 3 unspecified atom stereocenters. The van der Waals surface area contributed by atoms with Crippen molar-refractivity contribution in [3.63, 3.8) is 0 Å². The smallest absolute Gasteiger partial charge is 0.315 e. The summed E-state index contributed by atoms with van der Waals surface area (Å²) in [6.07, 6.45) is 9.14. The van der Waals surface area contributed by atoms with E-state index < -0.39 is 0 Å². The van der Waals surface area contributed by atoms with Gasteiger partial charge in [-0.1, -0.05) is 13.8 Å². The van der Waals surface area contributed by atoms with Crippen LogP contribution in [0.1, 0.15) is 76.0 Å². The Kier molecular flexibility index (Phi) is 6.35. The van der Waals surface area contributed by atoms with Crippen molar-refractivity contribution in [1.82, 2.24) is 20.2 Å². The molecule has 2 aromatic heterocycles. The molecule has 6 nitrogen and oxygen atoms in total. The van der Waals surface area contributed by atoms with E-state index in [0.717, 1.165) is 60.2 Å². The number of carbonyl (C=O) groups excluding carboxylic acids is 1. The lowest BCUT2D eigenvalue weighted by atomic mass is 9.74. The molecule has 2 aromatic rings. The molecule has 0 aliphatic heterocycles. The number of pyridine rings is 2. The maximum Gasteiger partial charge on any atom is 0.315 e. The predicted octanol–water partition coefficient (Wildman–Crippen LogP) is 4.39. The van der Waals surface area contributed by atoms with Crippen molar-refractivity contribution in [2.24, 2.45) is 18.9 Å². The van der Waals surface area contributed by atoms with E-state index in [9.17, 15) is 9.59 Å². The minimum Gasteiger partial charge on any atom is -0.335 e. The van der Waals surface area contributed by atoms with Crippen LogP contribution in [0.25, 0.3) is 10.9 Å². The predicted molar refractivity (Wildman–Crippen MR) is 124 cm³/mol. The van der Waals surface area contributed by atoms with E-state index in [1.807, 2.05) is 32.3 Å². The summed E-state index contributed by atoms with van der Waals surface area (Å²) in [5, 5.41) is 7.38. The van der Waals surface area contributed by atoms with Gasteiger partial charge in [-0.2, -0.15) is 0 Å². The molecule has 2 aliphatic carbocycles. The van der Waals surface area contributed by atoms with Crippen LogP contribution in [-0.4, -0.2) is 27.7 Å². The first-order valence-corrected chi connectivity index (χ1v) is 11.8. The Morgan fingerprint density at radius 3 is 2.45 bits per heavy atom. The molecule has 2 N–H and O–H groups in total. The normalized spacial score (nSPS) is 29.0. The second-order valence-electron chi connectivity index (χ2n) is 10.0. The third kappa shape index (κ3) is 4.78. The van der Waals surface area contributed by atoms with E-state index in [-0.39, 0.29) is 23.6 Å². The Morgan fingerprint density at radius 2 is 1.71 bits per heavy atom. The highest BCUT2D eigenvalue weighted by Gasteiger charge is 2.32. The number of amides is 2. The third-order valence-electron chi connectivity index (χ3n) is 7.55. The van der Waals surface area contributed by atoms with Crippen LogP contribution in [-0.2, 0) is 7.05 Å². The molecule has 4 rings (SSSR count). The van der Waals surface area contributed by atoms with E-state index in [1.54, 1.807) is 4.57 Å². The van der Waals surface area contributed by atoms with Gasteiger partial charge in [0.2, 0.25) is 0 Å². The van der Waals surface area contributed by atoms with Gasteiger partial charge in [0.05, 0.1) is 5.52 Å². The fourth-order valence-electron chi connectivity index (χ4n) is 5.46. The molecule has 0 aromatic carbocycles. The molecule has 0 spiro atoms. The molecule has 31 heavy (non-hydrogen) atoms. The fraction of sp³-hybridized carbons (Fsp3) is 0.640. The van der Waals surface area contributed by atoms with Gasteiger partial charge in [-0.15, -0.1) is 0 Å². The molecule has 0 radical (unpaired) electrons. The molecule has 2 heterocycles. The van der Waals surface area contributed by atoms with Crippen LogP contribution in [0.3, 0.4) is 0 Å². The number of nitrogens with zero attached hydrogens (tertiary/aromatic N) is 2. The number of aryl methyl sites for hydroxylation is 2. The highest BCUT2D eigenvalue weighted by Crippen LogP contribution is 2.37. The lowest BCUT2D eigenvalue weighted by Crippen LogP contribution is -2.49. The zero-order chi connectivity index (χ0) is 22.1. The maximum absolute atomic E-state index is 13.2. The molecule has 3 atom stereocenters. The molecule has 6 heteroatoms. The van der Waals surface area contributed by atoms with Crippen LogP contribution in [0.15, 0.2) is 23.1 Å². The van der Waals surface area contributed by atoms with Crippen molar-refractivity contribution >= 4 is 16.9 Å². The number of fused-ring (bicyclic) bond motifs is 1. The van der Waals surface area contributed by atoms with Gasteiger partial charge in [0, 0.05) is 42.0 Å². The van der Waals surface area contributed by atoms with Gasteiger partial charge in [-0.3, -0.25) is 9.78 Å².